The number of halogens is 1. The fourth-order valence-electron chi connectivity index (χ4n) is 0.744. The van der Waals surface area contributed by atoms with Gasteiger partial charge >= 0.3 is 0 Å². The second kappa shape index (κ2) is 6.20. The molecule has 3 nitrogen and oxygen atoms in total. The van der Waals surface area contributed by atoms with Gasteiger partial charge in [-0.2, -0.15) is 0 Å². The number of nitrogens with zero attached hydrogens (tertiary/aromatic N) is 2. The number of aryl methyl sites for hydroxylation is 1. The molecular formula is C8H12IN3S. The molecule has 0 aliphatic heterocycles. The predicted octanol–water partition coefficient (Wildman–Crippen LogP) is 2.32. The third kappa shape index (κ3) is 3.95. The molecule has 0 aromatic carbocycles. The van der Waals surface area contributed by atoms with Crippen molar-refractivity contribution in [3.8, 4) is 0 Å². The Morgan fingerprint density at radius 3 is 2.85 bits per heavy atom. The van der Waals surface area contributed by atoms with Crippen LogP contribution in [0, 0.1) is 6.92 Å². The molecule has 0 saturated heterocycles. The quantitative estimate of drug-likeness (QED) is 0.492. The molecule has 2 N–H and O–H groups in total. The molecule has 0 saturated carbocycles. The van der Waals surface area contributed by atoms with Crippen LogP contribution in [0.5, 0.6) is 0 Å². The zero-order valence-electron chi connectivity index (χ0n) is 7.52. The molecule has 1 rings (SSSR count). The summed E-state index contributed by atoms with van der Waals surface area (Å²) >= 11 is 1.42. The van der Waals surface area contributed by atoms with Crippen LogP contribution in [0.4, 0.5) is 5.82 Å². The van der Waals surface area contributed by atoms with Crippen LogP contribution in [0.15, 0.2) is 23.3 Å². The van der Waals surface area contributed by atoms with E-state index in [1.807, 2.05) is 25.3 Å². The molecule has 0 spiro atoms. The van der Waals surface area contributed by atoms with Crippen LogP contribution in [0.1, 0.15) is 5.56 Å². The van der Waals surface area contributed by atoms with E-state index in [-0.39, 0.29) is 24.0 Å². The maximum atomic E-state index is 5.55. The molecule has 0 atom stereocenters. The highest BCUT2D eigenvalue weighted by atomic mass is 127. The summed E-state index contributed by atoms with van der Waals surface area (Å²) in [6, 6.07) is 3.84. The van der Waals surface area contributed by atoms with Gasteiger partial charge in [-0.1, -0.05) is 17.8 Å². The van der Waals surface area contributed by atoms with Crippen molar-refractivity contribution in [2.75, 3.05) is 6.26 Å². The van der Waals surface area contributed by atoms with Gasteiger partial charge in [-0.05, 0) is 24.8 Å². The number of hydrogen-bond acceptors (Lipinski definition) is 3. The molecule has 0 bridgehead atoms. The maximum Gasteiger partial charge on any atom is 0.160 e. The van der Waals surface area contributed by atoms with E-state index in [1.165, 1.54) is 11.8 Å². The van der Waals surface area contributed by atoms with Gasteiger partial charge in [0.05, 0.1) is 0 Å². The Kier molecular flexibility index (Phi) is 6.06. The number of hydrogen-bond donors (Lipinski definition) is 1. The van der Waals surface area contributed by atoms with Gasteiger partial charge in [0.2, 0.25) is 0 Å². The Labute approximate surface area is 99.2 Å². The summed E-state index contributed by atoms with van der Waals surface area (Å²) in [4.78, 5) is 8.21. The number of pyridine rings is 1. The van der Waals surface area contributed by atoms with Crippen LogP contribution < -0.4 is 5.73 Å². The van der Waals surface area contributed by atoms with E-state index in [2.05, 4.69) is 9.98 Å². The highest BCUT2D eigenvalue weighted by Gasteiger charge is 1.95. The normalized spacial score (nSPS) is 10.8. The van der Waals surface area contributed by atoms with Gasteiger partial charge in [-0.15, -0.1) is 24.0 Å². The molecule has 0 radical (unpaired) electrons. The van der Waals surface area contributed by atoms with Crippen molar-refractivity contribution >= 4 is 46.7 Å². The number of aliphatic imine (C=N–C) groups is 1. The van der Waals surface area contributed by atoms with Gasteiger partial charge in [0.15, 0.2) is 11.0 Å². The SMILES string of the molecule is CSC(N)=Nc1ncccc1C.I. The smallest absolute Gasteiger partial charge is 0.160 e. The molecule has 1 aromatic rings. The lowest BCUT2D eigenvalue weighted by Gasteiger charge is -1.98. The first-order valence-electron chi connectivity index (χ1n) is 3.54. The van der Waals surface area contributed by atoms with Gasteiger partial charge in [0, 0.05) is 6.20 Å². The highest BCUT2D eigenvalue weighted by molar-refractivity contribution is 14.0. The van der Waals surface area contributed by atoms with Crippen LogP contribution in [0.25, 0.3) is 0 Å². The molecule has 1 aromatic heterocycles. The lowest BCUT2D eigenvalue weighted by molar-refractivity contribution is 1.22. The molecule has 0 aliphatic rings. The van der Waals surface area contributed by atoms with E-state index in [1.54, 1.807) is 6.20 Å². The Bertz CT molecular complexity index is 301. The summed E-state index contributed by atoms with van der Waals surface area (Å²) in [5.41, 5.74) is 6.58. The number of rotatable bonds is 1. The fraction of sp³-hybridized carbons (Fsp3) is 0.250. The molecule has 0 unspecified atom stereocenters. The van der Waals surface area contributed by atoms with E-state index < -0.39 is 0 Å². The molecule has 1 heterocycles. The topological polar surface area (TPSA) is 51.3 Å². The lowest BCUT2D eigenvalue weighted by atomic mass is 10.3. The van der Waals surface area contributed by atoms with Crippen LogP contribution in [0.2, 0.25) is 0 Å². The zero-order valence-corrected chi connectivity index (χ0v) is 10.7. The summed E-state index contributed by atoms with van der Waals surface area (Å²) in [7, 11) is 0. The third-order valence-corrected chi connectivity index (χ3v) is 1.92. The third-order valence-electron chi connectivity index (χ3n) is 1.41. The van der Waals surface area contributed by atoms with Crippen molar-refractivity contribution in [1.82, 2.24) is 4.98 Å². The summed E-state index contributed by atoms with van der Waals surface area (Å²) in [6.07, 6.45) is 3.59. The first-order valence-corrected chi connectivity index (χ1v) is 4.76. The van der Waals surface area contributed by atoms with Gasteiger partial charge in [0.1, 0.15) is 0 Å². The van der Waals surface area contributed by atoms with Crippen molar-refractivity contribution < 1.29 is 0 Å². The highest BCUT2D eigenvalue weighted by Crippen LogP contribution is 2.14. The Morgan fingerprint density at radius 1 is 1.62 bits per heavy atom. The molecule has 72 valence electrons. The van der Waals surface area contributed by atoms with E-state index in [0.29, 0.717) is 11.0 Å². The molecule has 0 aliphatic carbocycles. The van der Waals surface area contributed by atoms with Crippen molar-refractivity contribution in [1.29, 1.82) is 0 Å². The van der Waals surface area contributed by atoms with E-state index in [4.69, 9.17) is 5.73 Å². The average molecular weight is 309 g/mol. The van der Waals surface area contributed by atoms with Crippen LogP contribution >= 0.6 is 35.7 Å². The summed E-state index contributed by atoms with van der Waals surface area (Å²) in [5.74, 6) is 0.698. The Balaban J connectivity index is 0.00000144. The molecule has 0 amide bonds. The molecular weight excluding hydrogens is 297 g/mol. The van der Waals surface area contributed by atoms with Crippen molar-refractivity contribution in [3.63, 3.8) is 0 Å². The number of thioether (sulfide) groups is 1. The maximum absolute atomic E-state index is 5.55. The Hall–Kier alpha value is -0.300. The first kappa shape index (κ1) is 12.7. The van der Waals surface area contributed by atoms with E-state index in [9.17, 15) is 0 Å². The number of nitrogens with two attached hydrogens (primary N) is 1. The minimum atomic E-state index is 0. The lowest BCUT2D eigenvalue weighted by Crippen LogP contribution is -2.04. The summed E-state index contributed by atoms with van der Waals surface area (Å²) < 4.78 is 0. The standard InChI is InChI=1S/C8H11N3S.HI/c1-6-4-3-5-10-7(6)11-8(9)12-2;/h3-5H,1-2H3,(H2,9,10,11);1H. The zero-order chi connectivity index (χ0) is 8.97. The number of aromatic nitrogens is 1. The molecule has 13 heavy (non-hydrogen) atoms. The van der Waals surface area contributed by atoms with Gasteiger partial charge in [-0.25, -0.2) is 9.98 Å². The van der Waals surface area contributed by atoms with Crippen LogP contribution in [-0.4, -0.2) is 16.4 Å². The molecule has 0 fully saturated rings. The van der Waals surface area contributed by atoms with Crippen LogP contribution in [-0.2, 0) is 0 Å². The largest absolute Gasteiger partial charge is 0.378 e. The fourth-order valence-corrected chi connectivity index (χ4v) is 0.922. The Morgan fingerprint density at radius 2 is 2.31 bits per heavy atom. The van der Waals surface area contributed by atoms with E-state index in [0.717, 1.165) is 5.56 Å². The van der Waals surface area contributed by atoms with E-state index >= 15 is 0 Å². The van der Waals surface area contributed by atoms with Crippen molar-refractivity contribution in [3.05, 3.63) is 23.9 Å². The minimum Gasteiger partial charge on any atom is -0.378 e. The average Bonchev–Trinajstić information content (AvgIpc) is 2.09. The minimum absolute atomic E-state index is 0. The summed E-state index contributed by atoms with van der Waals surface area (Å²) in [6.45, 7) is 1.96. The van der Waals surface area contributed by atoms with Gasteiger partial charge in [0.25, 0.3) is 0 Å². The molecule has 5 heteroatoms. The van der Waals surface area contributed by atoms with Gasteiger partial charge in [-0.3, -0.25) is 0 Å². The number of amidine groups is 1. The second-order valence-electron chi connectivity index (χ2n) is 2.30. The van der Waals surface area contributed by atoms with Crippen molar-refractivity contribution in [2.24, 2.45) is 10.7 Å². The van der Waals surface area contributed by atoms with Crippen LogP contribution in [0.3, 0.4) is 0 Å². The monoisotopic (exact) mass is 309 g/mol. The van der Waals surface area contributed by atoms with Gasteiger partial charge < -0.3 is 5.73 Å². The second-order valence-corrected chi connectivity index (χ2v) is 3.12. The first-order chi connectivity index (χ1) is 5.74. The summed E-state index contributed by atoms with van der Waals surface area (Å²) in [5, 5.41) is 0.539. The van der Waals surface area contributed by atoms with Crippen molar-refractivity contribution in [2.45, 2.75) is 6.92 Å². The predicted molar refractivity (Wildman–Crippen MR) is 69.2 cm³/mol.